The lowest BCUT2D eigenvalue weighted by molar-refractivity contribution is 0.196. The lowest BCUT2D eigenvalue weighted by Crippen LogP contribution is -2.04. The molecule has 2 N–H and O–H groups in total. The van der Waals surface area contributed by atoms with E-state index in [0.29, 0.717) is 5.88 Å². The highest BCUT2D eigenvalue weighted by Crippen LogP contribution is 2.15. The van der Waals surface area contributed by atoms with Crippen LogP contribution in [0, 0.1) is 0 Å². The molecule has 2 rings (SSSR count). The summed E-state index contributed by atoms with van der Waals surface area (Å²) >= 11 is 3.44. The predicted molar refractivity (Wildman–Crippen MR) is 78.3 cm³/mol. The van der Waals surface area contributed by atoms with Crippen LogP contribution in [0.1, 0.15) is 5.56 Å². The van der Waals surface area contributed by atoms with Gasteiger partial charge in [0, 0.05) is 17.1 Å². The molecule has 2 aromatic rings. The van der Waals surface area contributed by atoms with Crippen LogP contribution in [0.5, 0.6) is 5.88 Å². The number of rotatable bonds is 6. The Kier molecular flexibility index (Phi) is 5.18. The molecular weight excluding hydrogens is 308 g/mol. The van der Waals surface area contributed by atoms with Crippen molar-refractivity contribution in [3.63, 3.8) is 0 Å². The van der Waals surface area contributed by atoms with E-state index in [0.717, 1.165) is 16.7 Å². The number of nitrogens with zero attached hydrogens (tertiary/aromatic N) is 1. The van der Waals surface area contributed by atoms with E-state index < -0.39 is 0 Å². The van der Waals surface area contributed by atoms with Crippen molar-refractivity contribution in [2.45, 2.75) is 6.54 Å². The van der Waals surface area contributed by atoms with Crippen LogP contribution in [0.2, 0.25) is 0 Å². The minimum atomic E-state index is -0.00936. The summed E-state index contributed by atoms with van der Waals surface area (Å²) in [5.74, 6) is 0.516. The Labute approximate surface area is 120 Å². The maximum absolute atomic E-state index is 8.65. The van der Waals surface area contributed by atoms with Gasteiger partial charge in [0.2, 0.25) is 5.88 Å². The van der Waals surface area contributed by atoms with Crippen molar-refractivity contribution >= 4 is 21.6 Å². The van der Waals surface area contributed by atoms with Crippen LogP contribution in [0.4, 0.5) is 5.69 Å². The number of ether oxygens (including phenoxy) is 1. The molecule has 19 heavy (non-hydrogen) atoms. The van der Waals surface area contributed by atoms with Gasteiger partial charge in [-0.15, -0.1) is 0 Å². The Morgan fingerprint density at radius 3 is 2.84 bits per heavy atom. The Bertz CT molecular complexity index is 517. The number of pyridine rings is 1. The molecule has 0 atom stereocenters. The fraction of sp³-hybridized carbons (Fsp3) is 0.214. The third-order valence-corrected chi connectivity index (χ3v) is 2.96. The van der Waals surface area contributed by atoms with Crippen molar-refractivity contribution in [1.29, 1.82) is 0 Å². The van der Waals surface area contributed by atoms with Gasteiger partial charge in [-0.2, -0.15) is 0 Å². The lowest BCUT2D eigenvalue weighted by Gasteiger charge is -2.08. The van der Waals surface area contributed by atoms with Crippen LogP contribution in [0.15, 0.2) is 47.1 Å². The summed E-state index contributed by atoms with van der Waals surface area (Å²) in [6.07, 6.45) is 1.71. The first-order valence-corrected chi connectivity index (χ1v) is 6.75. The summed E-state index contributed by atoms with van der Waals surface area (Å²) < 4.78 is 6.26. The number of hydrogen-bond acceptors (Lipinski definition) is 4. The smallest absolute Gasteiger partial charge is 0.213 e. The molecule has 0 saturated carbocycles. The highest BCUT2D eigenvalue weighted by atomic mass is 79.9. The first-order chi connectivity index (χ1) is 9.28. The molecule has 0 unspecified atom stereocenters. The van der Waals surface area contributed by atoms with Crippen molar-refractivity contribution in [3.05, 3.63) is 52.6 Å². The van der Waals surface area contributed by atoms with E-state index in [1.807, 2.05) is 18.2 Å². The molecule has 0 aliphatic rings. The van der Waals surface area contributed by atoms with E-state index in [9.17, 15) is 0 Å². The van der Waals surface area contributed by atoms with Crippen molar-refractivity contribution in [1.82, 2.24) is 4.98 Å². The van der Waals surface area contributed by atoms with E-state index in [1.54, 1.807) is 12.3 Å². The van der Waals surface area contributed by atoms with Gasteiger partial charge in [-0.05, 0) is 23.8 Å². The Balaban J connectivity index is 1.89. The average molecular weight is 323 g/mol. The van der Waals surface area contributed by atoms with Gasteiger partial charge in [0.05, 0.1) is 18.5 Å². The first kappa shape index (κ1) is 13.8. The van der Waals surface area contributed by atoms with Crippen LogP contribution in [0.25, 0.3) is 0 Å². The summed E-state index contributed by atoms with van der Waals surface area (Å²) in [7, 11) is 0. The molecule has 0 radical (unpaired) electrons. The number of nitrogens with one attached hydrogen (secondary N) is 1. The number of benzene rings is 1. The van der Waals surface area contributed by atoms with Crippen molar-refractivity contribution in [3.8, 4) is 5.88 Å². The van der Waals surface area contributed by atoms with Gasteiger partial charge >= 0.3 is 0 Å². The third-order valence-electron chi connectivity index (χ3n) is 2.46. The molecule has 5 heteroatoms. The van der Waals surface area contributed by atoms with Crippen LogP contribution in [-0.4, -0.2) is 23.3 Å². The standard InChI is InChI=1S/C14H15BrN2O2/c15-12-3-1-2-11(8-12)9-16-13-4-5-14(17-10-13)19-7-6-18/h1-5,8,10,16,18H,6-7,9H2. The Hall–Kier alpha value is -1.59. The fourth-order valence-corrected chi connectivity index (χ4v) is 2.02. The average Bonchev–Trinajstić information content (AvgIpc) is 2.44. The highest BCUT2D eigenvalue weighted by Gasteiger charge is 1.98. The summed E-state index contributed by atoms with van der Waals surface area (Å²) in [5, 5.41) is 11.9. The SMILES string of the molecule is OCCOc1ccc(NCc2cccc(Br)c2)cn1. The second-order valence-electron chi connectivity index (χ2n) is 3.94. The van der Waals surface area contributed by atoms with Gasteiger partial charge in [-0.3, -0.25) is 0 Å². The molecule has 0 amide bonds. The maximum atomic E-state index is 8.65. The number of hydrogen-bond donors (Lipinski definition) is 2. The molecule has 1 aromatic heterocycles. The Morgan fingerprint density at radius 1 is 1.26 bits per heavy atom. The fourth-order valence-electron chi connectivity index (χ4n) is 1.57. The van der Waals surface area contributed by atoms with Gasteiger partial charge < -0.3 is 15.2 Å². The van der Waals surface area contributed by atoms with Crippen molar-refractivity contribution in [2.24, 2.45) is 0 Å². The summed E-state index contributed by atoms with van der Waals surface area (Å²) in [6.45, 7) is 0.986. The number of aliphatic hydroxyl groups excluding tert-OH is 1. The minimum Gasteiger partial charge on any atom is -0.475 e. The second-order valence-corrected chi connectivity index (χ2v) is 4.86. The quantitative estimate of drug-likeness (QED) is 0.858. The van der Waals surface area contributed by atoms with E-state index in [2.05, 4.69) is 38.4 Å². The van der Waals surface area contributed by atoms with Gasteiger partial charge in [0.1, 0.15) is 6.61 Å². The first-order valence-electron chi connectivity index (χ1n) is 5.96. The van der Waals surface area contributed by atoms with Crippen molar-refractivity contribution < 1.29 is 9.84 Å². The maximum Gasteiger partial charge on any atom is 0.213 e. The third kappa shape index (κ3) is 4.54. The number of anilines is 1. The molecule has 0 saturated heterocycles. The summed E-state index contributed by atoms with van der Waals surface area (Å²) in [4.78, 5) is 4.14. The van der Waals surface area contributed by atoms with Gasteiger partial charge in [-0.1, -0.05) is 28.1 Å². The van der Waals surface area contributed by atoms with Crippen LogP contribution >= 0.6 is 15.9 Å². The van der Waals surface area contributed by atoms with Gasteiger partial charge in [0.25, 0.3) is 0 Å². The molecule has 0 aliphatic heterocycles. The number of aliphatic hydroxyl groups is 1. The van der Waals surface area contributed by atoms with Gasteiger partial charge in [-0.25, -0.2) is 4.98 Å². The highest BCUT2D eigenvalue weighted by molar-refractivity contribution is 9.10. The molecule has 0 spiro atoms. The number of aromatic nitrogens is 1. The zero-order valence-corrected chi connectivity index (χ0v) is 11.9. The molecular formula is C14H15BrN2O2. The Morgan fingerprint density at radius 2 is 2.16 bits per heavy atom. The van der Waals surface area contributed by atoms with Crippen LogP contribution in [0.3, 0.4) is 0 Å². The van der Waals surface area contributed by atoms with E-state index in [1.165, 1.54) is 5.56 Å². The second kappa shape index (κ2) is 7.11. The van der Waals surface area contributed by atoms with Gasteiger partial charge in [0.15, 0.2) is 0 Å². The molecule has 0 fully saturated rings. The molecule has 100 valence electrons. The van der Waals surface area contributed by atoms with E-state index >= 15 is 0 Å². The summed E-state index contributed by atoms with van der Waals surface area (Å²) in [6, 6.07) is 11.8. The van der Waals surface area contributed by atoms with Crippen molar-refractivity contribution in [2.75, 3.05) is 18.5 Å². The topological polar surface area (TPSA) is 54.4 Å². The molecule has 0 bridgehead atoms. The monoisotopic (exact) mass is 322 g/mol. The van der Waals surface area contributed by atoms with E-state index in [4.69, 9.17) is 9.84 Å². The molecule has 1 aromatic carbocycles. The summed E-state index contributed by atoms with van der Waals surface area (Å²) in [5.41, 5.74) is 2.12. The van der Waals surface area contributed by atoms with E-state index in [-0.39, 0.29) is 13.2 Å². The zero-order valence-electron chi connectivity index (χ0n) is 10.3. The minimum absolute atomic E-state index is 0.00936. The predicted octanol–water partition coefficient (Wildman–Crippen LogP) is 2.83. The molecule has 0 aliphatic carbocycles. The molecule has 4 nitrogen and oxygen atoms in total. The van der Waals surface area contributed by atoms with Crippen LogP contribution < -0.4 is 10.1 Å². The normalized spacial score (nSPS) is 10.2. The lowest BCUT2D eigenvalue weighted by atomic mass is 10.2. The van der Waals surface area contributed by atoms with Crippen LogP contribution in [-0.2, 0) is 6.54 Å². The zero-order chi connectivity index (χ0) is 13.5. The molecule has 1 heterocycles. The largest absolute Gasteiger partial charge is 0.475 e. The number of halogens is 1.